The molecule has 1 atom stereocenters. The zero-order valence-electron chi connectivity index (χ0n) is 10.6. The number of aliphatic hydroxyl groups excluding tert-OH is 1. The van der Waals surface area contributed by atoms with Crippen molar-refractivity contribution in [3.63, 3.8) is 0 Å². The van der Waals surface area contributed by atoms with Crippen LogP contribution in [0.3, 0.4) is 0 Å². The van der Waals surface area contributed by atoms with Gasteiger partial charge in [-0.05, 0) is 25.2 Å². The van der Waals surface area contributed by atoms with E-state index in [4.69, 9.17) is 4.74 Å². The number of allylic oxidation sites excluding steroid dienone is 1. The number of ether oxygens (including phenoxy) is 1. The summed E-state index contributed by atoms with van der Waals surface area (Å²) >= 11 is 1.03. The van der Waals surface area contributed by atoms with Crippen LogP contribution < -0.4 is 4.65 Å². The summed E-state index contributed by atoms with van der Waals surface area (Å²) < 4.78 is 4.10. The summed E-state index contributed by atoms with van der Waals surface area (Å²) in [6, 6.07) is 0. The molecule has 1 aliphatic rings. The highest BCUT2D eigenvalue weighted by Gasteiger charge is 2.27. The summed E-state index contributed by atoms with van der Waals surface area (Å²) in [5, 5.41) is 22.0. The van der Waals surface area contributed by atoms with Crippen LogP contribution in [0.15, 0.2) is 24.1 Å². The van der Waals surface area contributed by atoms with Gasteiger partial charge >= 0.3 is 5.97 Å². The van der Waals surface area contributed by atoms with Gasteiger partial charge in [-0.3, -0.25) is 4.65 Å². The Kier molecular flexibility index (Phi) is 3.70. The quantitative estimate of drug-likeness (QED) is 0.523. The maximum Gasteiger partial charge on any atom is 0.350 e. The number of carbonyl (C=O) groups is 1. The maximum absolute atomic E-state index is 12.5. The predicted molar refractivity (Wildman–Crippen MR) is 72.7 cm³/mol. The fourth-order valence-electron chi connectivity index (χ4n) is 1.63. The second-order valence-electron chi connectivity index (χ2n) is 4.05. The van der Waals surface area contributed by atoms with E-state index in [2.05, 4.69) is 4.98 Å². The van der Waals surface area contributed by atoms with Crippen molar-refractivity contribution >= 4 is 22.4 Å². The summed E-state index contributed by atoms with van der Waals surface area (Å²) in [5.74, 6) is -0.404. The summed E-state index contributed by atoms with van der Waals surface area (Å²) in [5.41, 5.74) is 0.485. The van der Waals surface area contributed by atoms with E-state index in [1.54, 1.807) is 13.8 Å². The normalized spacial score (nSPS) is 22.2. The highest BCUT2D eigenvalue weighted by molar-refractivity contribution is 7.17. The summed E-state index contributed by atoms with van der Waals surface area (Å²) in [7, 11) is 0. The highest BCUT2D eigenvalue weighted by Crippen LogP contribution is 2.33. The van der Waals surface area contributed by atoms with Gasteiger partial charge in [-0.15, -0.1) is 0 Å². The third kappa shape index (κ3) is 2.67. The van der Waals surface area contributed by atoms with Crippen molar-refractivity contribution in [1.29, 1.82) is 0 Å². The first-order valence-corrected chi connectivity index (χ1v) is 6.60. The van der Waals surface area contributed by atoms with Crippen LogP contribution in [0, 0.1) is 12.1 Å². The zero-order chi connectivity index (χ0) is 14.0. The Labute approximate surface area is 114 Å². The Morgan fingerprint density at radius 3 is 3.00 bits per heavy atom. The lowest BCUT2D eigenvalue weighted by atomic mass is 10.3. The number of quaternary nitrogens is 1. The van der Waals surface area contributed by atoms with Gasteiger partial charge in [0.2, 0.25) is 0 Å². The molecule has 0 fully saturated rings. The number of nitrogens with zero attached hydrogens (tertiary/aromatic N) is 2. The third-order valence-corrected chi connectivity index (χ3v) is 3.88. The Bertz CT molecular complexity index is 564. The van der Waals surface area contributed by atoms with Crippen molar-refractivity contribution in [3.05, 3.63) is 39.9 Å². The van der Waals surface area contributed by atoms with Crippen LogP contribution in [0.2, 0.25) is 0 Å². The molecule has 1 aliphatic heterocycles. The first-order chi connectivity index (χ1) is 8.96. The minimum absolute atomic E-state index is 0.0531. The van der Waals surface area contributed by atoms with E-state index in [1.807, 2.05) is 0 Å². The second-order valence-corrected chi connectivity index (χ2v) is 5.03. The Morgan fingerprint density at radius 2 is 2.42 bits per heavy atom. The van der Waals surface area contributed by atoms with Crippen molar-refractivity contribution in [2.75, 3.05) is 13.2 Å². The molecule has 1 unspecified atom stereocenters. The Hall–Kier alpha value is -1.70. The van der Waals surface area contributed by atoms with Crippen molar-refractivity contribution in [3.8, 4) is 0 Å². The molecule has 0 radical (unpaired) electrons. The molecule has 7 heteroatoms. The number of hydrogen-bond acceptors (Lipinski definition) is 6. The number of hydrogen-bond donors (Lipinski definition) is 1. The number of hydroxylamine groups is 2. The standard InChI is InChI=1S/C12H14N2O4S/c1-3-18-11(16)10-8(2)13-12(19-10)14(17)6-4-9(15)5-7-14/h4-6,15H,3,7H2,1-2H3. The van der Waals surface area contributed by atoms with Gasteiger partial charge < -0.3 is 15.1 Å². The molecule has 1 aromatic rings. The number of carbonyl (C=O) groups excluding carboxylic acids is 1. The van der Waals surface area contributed by atoms with Gasteiger partial charge in [0, 0.05) is 12.2 Å². The molecule has 0 aliphatic carbocycles. The van der Waals surface area contributed by atoms with E-state index in [1.165, 1.54) is 18.4 Å². The van der Waals surface area contributed by atoms with Crippen LogP contribution in [0.5, 0.6) is 0 Å². The van der Waals surface area contributed by atoms with Crippen LogP contribution in [0.4, 0.5) is 5.13 Å². The van der Waals surface area contributed by atoms with Crippen LogP contribution in [-0.4, -0.2) is 29.2 Å². The van der Waals surface area contributed by atoms with Gasteiger partial charge in [-0.1, -0.05) is 0 Å². The minimum Gasteiger partial charge on any atom is -0.620 e. The first kappa shape index (κ1) is 13.7. The Balaban J connectivity index is 2.30. The molecule has 0 bridgehead atoms. The number of aliphatic hydroxyl groups is 1. The van der Waals surface area contributed by atoms with E-state index >= 15 is 0 Å². The van der Waals surface area contributed by atoms with Gasteiger partial charge in [-0.2, -0.15) is 4.98 Å². The summed E-state index contributed by atoms with van der Waals surface area (Å²) in [6.07, 6.45) is 4.06. The molecule has 0 amide bonds. The minimum atomic E-state index is -0.811. The van der Waals surface area contributed by atoms with E-state index in [9.17, 15) is 15.1 Å². The van der Waals surface area contributed by atoms with Gasteiger partial charge in [0.1, 0.15) is 23.4 Å². The molecule has 0 saturated carbocycles. The molecule has 19 heavy (non-hydrogen) atoms. The van der Waals surface area contributed by atoms with Crippen molar-refractivity contribution in [1.82, 2.24) is 9.63 Å². The first-order valence-electron chi connectivity index (χ1n) is 5.78. The van der Waals surface area contributed by atoms with Crippen molar-refractivity contribution in [2.45, 2.75) is 13.8 Å². The molecule has 1 aromatic heterocycles. The molecule has 6 nitrogen and oxygen atoms in total. The molecule has 2 rings (SSSR count). The van der Waals surface area contributed by atoms with Crippen molar-refractivity contribution in [2.24, 2.45) is 0 Å². The lowest BCUT2D eigenvalue weighted by molar-refractivity contribution is 0.0531. The predicted octanol–water partition coefficient (Wildman–Crippen LogP) is 2.40. The number of aryl methyl sites for hydroxylation is 1. The van der Waals surface area contributed by atoms with Gasteiger partial charge in [0.25, 0.3) is 5.13 Å². The van der Waals surface area contributed by atoms with Crippen LogP contribution in [0.1, 0.15) is 22.3 Å². The van der Waals surface area contributed by atoms with Crippen LogP contribution in [0.25, 0.3) is 0 Å². The molecular weight excluding hydrogens is 268 g/mol. The molecule has 0 saturated heterocycles. The number of thiazole rings is 1. The lowest BCUT2D eigenvalue weighted by Gasteiger charge is -2.35. The van der Waals surface area contributed by atoms with Crippen LogP contribution in [-0.2, 0) is 4.74 Å². The van der Waals surface area contributed by atoms with Gasteiger partial charge in [0.15, 0.2) is 0 Å². The monoisotopic (exact) mass is 282 g/mol. The molecule has 2 heterocycles. The molecular formula is C12H14N2O4S. The lowest BCUT2D eigenvalue weighted by Crippen LogP contribution is -2.38. The fraction of sp³-hybridized carbons (Fsp3) is 0.333. The molecule has 1 N–H and O–H groups in total. The van der Waals surface area contributed by atoms with Gasteiger partial charge in [0.05, 0.1) is 12.3 Å². The largest absolute Gasteiger partial charge is 0.620 e. The molecule has 102 valence electrons. The fourth-order valence-corrected chi connectivity index (χ4v) is 2.62. The third-order valence-electron chi connectivity index (χ3n) is 2.63. The van der Waals surface area contributed by atoms with E-state index < -0.39 is 10.6 Å². The summed E-state index contributed by atoms with van der Waals surface area (Å²) in [4.78, 5) is 16.2. The topological polar surface area (TPSA) is 82.5 Å². The highest BCUT2D eigenvalue weighted by atomic mass is 32.1. The van der Waals surface area contributed by atoms with E-state index in [0.29, 0.717) is 10.6 Å². The maximum atomic E-state index is 12.5. The van der Waals surface area contributed by atoms with Crippen molar-refractivity contribution < 1.29 is 14.6 Å². The zero-order valence-corrected chi connectivity index (χ0v) is 11.4. The smallest absolute Gasteiger partial charge is 0.350 e. The summed E-state index contributed by atoms with van der Waals surface area (Å²) in [6.45, 7) is 3.72. The average molecular weight is 282 g/mol. The SMILES string of the molecule is CCOC(=O)c1sc([N+]2([O-])C=CC(O)=CC2)nc1C. The number of esters is 1. The second kappa shape index (κ2) is 5.12. The number of aromatic nitrogens is 1. The van der Waals surface area contributed by atoms with E-state index in [0.717, 1.165) is 11.3 Å². The number of rotatable bonds is 3. The average Bonchev–Trinajstić information content (AvgIpc) is 2.76. The van der Waals surface area contributed by atoms with Gasteiger partial charge in [-0.25, -0.2) is 4.79 Å². The van der Waals surface area contributed by atoms with Crippen LogP contribution >= 0.6 is 11.3 Å². The molecule has 0 aromatic carbocycles. The Morgan fingerprint density at radius 1 is 1.68 bits per heavy atom. The van der Waals surface area contributed by atoms with E-state index in [-0.39, 0.29) is 24.0 Å². The molecule has 0 spiro atoms.